The molecular formula is C24H20N2O3. The second kappa shape index (κ2) is 6.78. The SMILES string of the molecule is COc1ccc2c(c1OC)C(=O)N1N=C(c3ccc(-c4ccccc4)cc3)C[C@@H]21. The zero-order valence-corrected chi connectivity index (χ0v) is 16.3. The van der Waals surface area contributed by atoms with E-state index in [0.29, 0.717) is 23.5 Å². The molecule has 29 heavy (non-hydrogen) atoms. The molecule has 0 spiro atoms. The Kier molecular flexibility index (Phi) is 4.09. The van der Waals surface area contributed by atoms with Crippen molar-refractivity contribution in [3.8, 4) is 22.6 Å². The highest BCUT2D eigenvalue weighted by molar-refractivity contribution is 6.09. The van der Waals surface area contributed by atoms with Gasteiger partial charge in [-0.15, -0.1) is 0 Å². The van der Waals surface area contributed by atoms with Crippen LogP contribution in [0.1, 0.15) is 33.9 Å². The summed E-state index contributed by atoms with van der Waals surface area (Å²) in [6, 6.07) is 22.3. The average molecular weight is 384 g/mol. The zero-order chi connectivity index (χ0) is 20.0. The van der Waals surface area contributed by atoms with Crippen molar-refractivity contribution in [2.75, 3.05) is 14.2 Å². The van der Waals surface area contributed by atoms with Crippen LogP contribution in [0.15, 0.2) is 71.8 Å². The van der Waals surface area contributed by atoms with E-state index >= 15 is 0 Å². The number of fused-ring (bicyclic) bond motifs is 3. The van der Waals surface area contributed by atoms with Crippen LogP contribution in [0.4, 0.5) is 0 Å². The lowest BCUT2D eigenvalue weighted by Crippen LogP contribution is -2.18. The second-order valence-electron chi connectivity index (χ2n) is 7.13. The molecule has 0 saturated heterocycles. The van der Waals surface area contributed by atoms with E-state index in [1.165, 1.54) is 5.56 Å². The minimum absolute atomic E-state index is 0.0962. The van der Waals surface area contributed by atoms with Crippen LogP contribution in [0.5, 0.6) is 11.5 Å². The van der Waals surface area contributed by atoms with Crippen molar-refractivity contribution in [3.05, 3.63) is 83.4 Å². The molecule has 0 aromatic heterocycles. The highest BCUT2D eigenvalue weighted by Crippen LogP contribution is 2.47. The summed E-state index contributed by atoms with van der Waals surface area (Å²) in [4.78, 5) is 13.0. The molecule has 1 amide bonds. The van der Waals surface area contributed by atoms with E-state index in [1.54, 1.807) is 19.2 Å². The van der Waals surface area contributed by atoms with E-state index < -0.39 is 0 Å². The minimum Gasteiger partial charge on any atom is -0.493 e. The van der Waals surface area contributed by atoms with Gasteiger partial charge < -0.3 is 9.47 Å². The van der Waals surface area contributed by atoms with Crippen LogP contribution in [0.3, 0.4) is 0 Å². The topological polar surface area (TPSA) is 51.1 Å². The van der Waals surface area contributed by atoms with Gasteiger partial charge in [0.15, 0.2) is 11.5 Å². The van der Waals surface area contributed by atoms with Gasteiger partial charge in [0.25, 0.3) is 5.91 Å². The minimum atomic E-state index is -0.142. The maximum absolute atomic E-state index is 13.0. The maximum atomic E-state index is 13.0. The predicted molar refractivity (Wildman–Crippen MR) is 111 cm³/mol. The van der Waals surface area contributed by atoms with E-state index in [4.69, 9.17) is 9.47 Å². The zero-order valence-electron chi connectivity index (χ0n) is 16.3. The molecule has 0 aliphatic carbocycles. The van der Waals surface area contributed by atoms with Gasteiger partial charge in [-0.25, -0.2) is 5.01 Å². The van der Waals surface area contributed by atoms with Crippen LogP contribution < -0.4 is 9.47 Å². The lowest BCUT2D eigenvalue weighted by molar-refractivity contribution is 0.0753. The third-order valence-corrected chi connectivity index (χ3v) is 5.59. The molecule has 0 unspecified atom stereocenters. The van der Waals surface area contributed by atoms with Gasteiger partial charge in [0, 0.05) is 6.42 Å². The Morgan fingerprint density at radius 3 is 2.24 bits per heavy atom. The van der Waals surface area contributed by atoms with Gasteiger partial charge >= 0.3 is 0 Å². The van der Waals surface area contributed by atoms with E-state index in [2.05, 4.69) is 41.5 Å². The predicted octanol–water partition coefficient (Wildman–Crippen LogP) is 4.68. The molecule has 2 heterocycles. The molecule has 0 saturated carbocycles. The Morgan fingerprint density at radius 2 is 1.55 bits per heavy atom. The molecule has 1 atom stereocenters. The van der Waals surface area contributed by atoms with Crippen molar-refractivity contribution in [2.45, 2.75) is 12.5 Å². The summed E-state index contributed by atoms with van der Waals surface area (Å²) in [6.07, 6.45) is 0.679. The number of ether oxygens (including phenoxy) is 2. The first kappa shape index (κ1) is 17.5. The third kappa shape index (κ3) is 2.70. The van der Waals surface area contributed by atoms with Crippen LogP contribution in [0, 0.1) is 0 Å². The van der Waals surface area contributed by atoms with E-state index in [9.17, 15) is 4.79 Å². The van der Waals surface area contributed by atoms with Crippen molar-refractivity contribution in [1.82, 2.24) is 5.01 Å². The summed E-state index contributed by atoms with van der Waals surface area (Å²) in [7, 11) is 3.12. The third-order valence-electron chi connectivity index (χ3n) is 5.59. The fourth-order valence-electron chi connectivity index (χ4n) is 4.16. The Labute approximate surface area is 169 Å². The largest absolute Gasteiger partial charge is 0.493 e. The first-order valence-corrected chi connectivity index (χ1v) is 9.53. The number of benzene rings is 3. The van der Waals surface area contributed by atoms with Crippen LogP contribution in [-0.4, -0.2) is 30.8 Å². The van der Waals surface area contributed by atoms with Crippen molar-refractivity contribution in [2.24, 2.45) is 5.10 Å². The summed E-state index contributed by atoms with van der Waals surface area (Å²) in [6.45, 7) is 0. The Morgan fingerprint density at radius 1 is 0.862 bits per heavy atom. The molecule has 5 rings (SSSR count). The van der Waals surface area contributed by atoms with Crippen molar-refractivity contribution in [3.63, 3.8) is 0 Å². The van der Waals surface area contributed by atoms with Gasteiger partial charge in [0.2, 0.25) is 0 Å². The quantitative estimate of drug-likeness (QED) is 0.656. The van der Waals surface area contributed by atoms with Crippen LogP contribution in [-0.2, 0) is 0 Å². The molecule has 5 nitrogen and oxygen atoms in total. The molecule has 3 aromatic carbocycles. The van der Waals surface area contributed by atoms with Gasteiger partial charge in [0.1, 0.15) is 0 Å². The molecular weight excluding hydrogens is 364 g/mol. The number of nitrogens with zero attached hydrogens (tertiary/aromatic N) is 2. The van der Waals surface area contributed by atoms with Gasteiger partial charge in [-0.05, 0) is 28.3 Å². The lowest BCUT2D eigenvalue weighted by atomic mass is 9.96. The summed E-state index contributed by atoms with van der Waals surface area (Å²) >= 11 is 0. The number of amides is 1. The van der Waals surface area contributed by atoms with Gasteiger partial charge in [-0.3, -0.25) is 4.79 Å². The fourth-order valence-corrected chi connectivity index (χ4v) is 4.16. The molecule has 0 fully saturated rings. The normalized spacial score (nSPS) is 17.0. The van der Waals surface area contributed by atoms with Crippen molar-refractivity contribution < 1.29 is 14.3 Å². The van der Waals surface area contributed by atoms with Crippen LogP contribution in [0.2, 0.25) is 0 Å². The molecule has 0 radical (unpaired) electrons. The second-order valence-corrected chi connectivity index (χ2v) is 7.13. The van der Waals surface area contributed by atoms with Crippen LogP contribution >= 0.6 is 0 Å². The van der Waals surface area contributed by atoms with Gasteiger partial charge in [0.05, 0.1) is 31.5 Å². The highest BCUT2D eigenvalue weighted by atomic mass is 16.5. The molecule has 0 bridgehead atoms. The fraction of sp³-hybridized carbons (Fsp3) is 0.167. The molecule has 0 N–H and O–H groups in total. The maximum Gasteiger partial charge on any atom is 0.278 e. The summed E-state index contributed by atoms with van der Waals surface area (Å²) in [5, 5.41) is 6.23. The van der Waals surface area contributed by atoms with Crippen LogP contribution in [0.25, 0.3) is 11.1 Å². The monoisotopic (exact) mass is 384 g/mol. The number of hydrogen-bond acceptors (Lipinski definition) is 4. The standard InChI is InChI=1S/C24H20N2O3/c1-28-21-13-12-18-20-14-19(25-26(20)24(27)22(18)23(21)29-2)17-10-8-16(9-11-17)15-6-4-3-5-7-15/h3-13,20H,14H2,1-2H3/t20-/m0/s1. The van der Waals surface area contributed by atoms with E-state index in [1.807, 2.05) is 30.3 Å². The summed E-state index contributed by atoms with van der Waals surface area (Å²) in [5.41, 5.74) is 5.79. The lowest BCUT2D eigenvalue weighted by Gasteiger charge is -2.12. The molecule has 3 aromatic rings. The number of hydrogen-bond donors (Lipinski definition) is 0. The number of methoxy groups -OCH3 is 2. The number of carbonyl (C=O) groups excluding carboxylic acids is 1. The van der Waals surface area contributed by atoms with E-state index in [-0.39, 0.29) is 11.9 Å². The average Bonchev–Trinajstić information content (AvgIpc) is 3.33. The van der Waals surface area contributed by atoms with E-state index in [0.717, 1.165) is 22.4 Å². The number of rotatable bonds is 4. The molecule has 2 aliphatic heterocycles. The first-order valence-electron chi connectivity index (χ1n) is 9.53. The Bertz CT molecular complexity index is 1120. The molecule has 144 valence electrons. The molecule has 2 aliphatic rings. The summed E-state index contributed by atoms with van der Waals surface area (Å²) < 4.78 is 10.8. The number of carbonyl (C=O) groups is 1. The highest BCUT2D eigenvalue weighted by Gasteiger charge is 2.44. The van der Waals surface area contributed by atoms with Gasteiger partial charge in [-0.2, -0.15) is 5.10 Å². The smallest absolute Gasteiger partial charge is 0.278 e. The Hall–Kier alpha value is -3.60. The molecule has 5 heteroatoms. The van der Waals surface area contributed by atoms with Crippen molar-refractivity contribution >= 4 is 11.6 Å². The first-order chi connectivity index (χ1) is 14.2. The van der Waals surface area contributed by atoms with Gasteiger partial charge in [-0.1, -0.05) is 60.7 Å². The Balaban J connectivity index is 1.45. The number of hydrazone groups is 1. The van der Waals surface area contributed by atoms with Crippen molar-refractivity contribution in [1.29, 1.82) is 0 Å². The summed E-state index contributed by atoms with van der Waals surface area (Å²) in [5.74, 6) is 0.895.